The molecule has 1 fully saturated rings. The lowest BCUT2D eigenvalue weighted by molar-refractivity contribution is -0.133. The standard InChI is InChI=1S/C19H19NO4S/c1-24-19(21)18(15-11-7-4-8-12-15)17-13-16(20(17)25(2,22)23)14-9-5-3-6-10-14/h3-12,16H,13H2,1-2H3/b18-17+. The number of esters is 1. The van der Waals surface area contributed by atoms with Crippen molar-refractivity contribution in [3.8, 4) is 0 Å². The molecule has 3 rings (SSSR count). The van der Waals surface area contributed by atoms with Crippen molar-refractivity contribution in [2.45, 2.75) is 12.5 Å². The van der Waals surface area contributed by atoms with Crippen LogP contribution in [0, 0.1) is 0 Å². The zero-order chi connectivity index (χ0) is 18.0. The maximum absolute atomic E-state index is 12.4. The first-order valence-electron chi connectivity index (χ1n) is 7.84. The van der Waals surface area contributed by atoms with Gasteiger partial charge in [-0.05, 0) is 11.1 Å². The lowest BCUT2D eigenvalue weighted by Gasteiger charge is -2.44. The van der Waals surface area contributed by atoms with Gasteiger partial charge >= 0.3 is 5.97 Å². The fourth-order valence-corrected chi connectivity index (χ4v) is 4.34. The monoisotopic (exact) mass is 357 g/mol. The van der Waals surface area contributed by atoms with Crippen LogP contribution in [0.1, 0.15) is 23.6 Å². The SMILES string of the molecule is COC(=O)/C(=C1\CC(c2ccccc2)N1S(C)(=O)=O)c1ccccc1. The van der Waals surface area contributed by atoms with Crippen molar-refractivity contribution >= 4 is 21.6 Å². The molecule has 0 bridgehead atoms. The van der Waals surface area contributed by atoms with E-state index < -0.39 is 16.0 Å². The Balaban J connectivity index is 2.13. The van der Waals surface area contributed by atoms with E-state index in [4.69, 9.17) is 4.74 Å². The van der Waals surface area contributed by atoms with E-state index in [0.29, 0.717) is 23.3 Å². The van der Waals surface area contributed by atoms with E-state index in [2.05, 4.69) is 0 Å². The van der Waals surface area contributed by atoms with Crippen LogP contribution in [0.2, 0.25) is 0 Å². The molecular weight excluding hydrogens is 338 g/mol. The van der Waals surface area contributed by atoms with Gasteiger partial charge in [0.15, 0.2) is 0 Å². The number of carbonyl (C=O) groups excluding carboxylic acids is 1. The second kappa shape index (κ2) is 6.72. The number of nitrogens with zero attached hydrogens (tertiary/aromatic N) is 1. The third-order valence-electron chi connectivity index (χ3n) is 4.22. The Bertz CT molecular complexity index is 905. The molecule has 5 nitrogen and oxygen atoms in total. The molecular formula is C19H19NO4S. The van der Waals surface area contributed by atoms with Gasteiger partial charge in [0.05, 0.1) is 25.0 Å². The summed E-state index contributed by atoms with van der Waals surface area (Å²) in [7, 11) is -2.24. The molecule has 0 spiro atoms. The highest BCUT2D eigenvalue weighted by atomic mass is 32.2. The van der Waals surface area contributed by atoms with Gasteiger partial charge in [0.25, 0.3) is 0 Å². The summed E-state index contributed by atoms with van der Waals surface area (Å²) < 4.78 is 31.0. The third-order valence-corrected chi connectivity index (χ3v) is 5.41. The summed E-state index contributed by atoms with van der Waals surface area (Å²) in [6.45, 7) is 0. The van der Waals surface area contributed by atoms with Crippen molar-refractivity contribution in [1.82, 2.24) is 4.31 Å². The first-order valence-corrected chi connectivity index (χ1v) is 9.69. The number of benzene rings is 2. The molecule has 130 valence electrons. The molecule has 2 aromatic rings. The summed E-state index contributed by atoms with van der Waals surface area (Å²) in [5.41, 5.74) is 2.30. The molecule has 0 aromatic heterocycles. The first-order chi connectivity index (χ1) is 11.9. The molecule has 1 heterocycles. The number of sulfonamides is 1. The minimum absolute atomic E-state index is 0.292. The normalized spacial score (nSPS) is 19.1. The van der Waals surface area contributed by atoms with Crippen molar-refractivity contribution in [3.05, 3.63) is 77.5 Å². The Kier molecular flexibility index (Phi) is 4.63. The van der Waals surface area contributed by atoms with Crippen LogP contribution in [-0.4, -0.2) is 32.1 Å². The van der Waals surface area contributed by atoms with Crippen LogP contribution in [0.15, 0.2) is 66.4 Å². The van der Waals surface area contributed by atoms with E-state index in [9.17, 15) is 13.2 Å². The van der Waals surface area contributed by atoms with Gasteiger partial charge in [0.2, 0.25) is 10.0 Å². The van der Waals surface area contributed by atoms with Crippen LogP contribution in [0.5, 0.6) is 0 Å². The lowest BCUT2D eigenvalue weighted by Crippen LogP contribution is -2.43. The molecule has 0 radical (unpaired) electrons. The number of hydrogen-bond acceptors (Lipinski definition) is 4. The molecule has 2 aromatic carbocycles. The molecule has 0 N–H and O–H groups in total. The Hall–Kier alpha value is -2.60. The Morgan fingerprint density at radius 2 is 1.60 bits per heavy atom. The average molecular weight is 357 g/mol. The zero-order valence-electron chi connectivity index (χ0n) is 14.0. The van der Waals surface area contributed by atoms with Crippen molar-refractivity contribution in [2.24, 2.45) is 0 Å². The van der Waals surface area contributed by atoms with Crippen LogP contribution in [-0.2, 0) is 19.6 Å². The zero-order valence-corrected chi connectivity index (χ0v) is 14.9. The van der Waals surface area contributed by atoms with Crippen LogP contribution in [0.4, 0.5) is 0 Å². The Morgan fingerprint density at radius 3 is 2.12 bits per heavy atom. The average Bonchev–Trinajstić information content (AvgIpc) is 2.57. The molecule has 1 saturated heterocycles. The number of rotatable bonds is 4. The third kappa shape index (κ3) is 3.30. The second-order valence-electron chi connectivity index (χ2n) is 5.87. The predicted molar refractivity (Wildman–Crippen MR) is 95.9 cm³/mol. The van der Waals surface area contributed by atoms with Crippen molar-refractivity contribution in [2.75, 3.05) is 13.4 Å². The summed E-state index contributed by atoms with van der Waals surface area (Å²) in [6, 6.07) is 18.1. The summed E-state index contributed by atoms with van der Waals surface area (Å²) in [6.07, 6.45) is 1.61. The highest BCUT2D eigenvalue weighted by molar-refractivity contribution is 7.88. The van der Waals surface area contributed by atoms with Crippen LogP contribution in [0.25, 0.3) is 5.57 Å². The summed E-state index contributed by atoms with van der Waals surface area (Å²) in [5.74, 6) is -0.540. The summed E-state index contributed by atoms with van der Waals surface area (Å²) >= 11 is 0. The minimum Gasteiger partial charge on any atom is -0.465 e. The molecule has 1 aliphatic rings. The Morgan fingerprint density at radius 1 is 1.04 bits per heavy atom. The number of carbonyl (C=O) groups is 1. The van der Waals surface area contributed by atoms with Crippen molar-refractivity contribution in [1.29, 1.82) is 0 Å². The van der Waals surface area contributed by atoms with E-state index in [1.807, 2.05) is 36.4 Å². The highest BCUT2D eigenvalue weighted by Crippen LogP contribution is 2.46. The van der Waals surface area contributed by atoms with Gasteiger partial charge in [-0.1, -0.05) is 60.7 Å². The molecule has 1 atom stereocenters. The second-order valence-corrected chi connectivity index (χ2v) is 7.73. The number of methoxy groups -OCH3 is 1. The van der Waals surface area contributed by atoms with E-state index in [1.54, 1.807) is 24.3 Å². The van der Waals surface area contributed by atoms with Gasteiger partial charge in [-0.3, -0.25) is 4.31 Å². The quantitative estimate of drug-likeness (QED) is 0.623. The van der Waals surface area contributed by atoms with Crippen molar-refractivity contribution < 1.29 is 17.9 Å². The predicted octanol–water partition coefficient (Wildman–Crippen LogP) is 2.98. The molecule has 1 unspecified atom stereocenters. The van der Waals surface area contributed by atoms with Gasteiger partial charge in [-0.2, -0.15) is 0 Å². The molecule has 0 saturated carbocycles. The number of ether oxygens (including phenoxy) is 1. The maximum Gasteiger partial charge on any atom is 0.340 e. The summed E-state index contributed by atoms with van der Waals surface area (Å²) in [5, 5.41) is 0. The van der Waals surface area contributed by atoms with E-state index in [0.717, 1.165) is 11.8 Å². The highest BCUT2D eigenvalue weighted by Gasteiger charge is 2.43. The van der Waals surface area contributed by atoms with Crippen LogP contribution >= 0.6 is 0 Å². The molecule has 6 heteroatoms. The summed E-state index contributed by atoms with van der Waals surface area (Å²) in [4.78, 5) is 12.4. The maximum atomic E-state index is 12.4. The molecule has 0 aliphatic carbocycles. The van der Waals surface area contributed by atoms with Crippen LogP contribution in [0.3, 0.4) is 0 Å². The van der Waals surface area contributed by atoms with Crippen molar-refractivity contribution in [3.63, 3.8) is 0 Å². The van der Waals surface area contributed by atoms with E-state index in [-0.39, 0.29) is 6.04 Å². The Labute approximate surface area is 147 Å². The van der Waals surface area contributed by atoms with Gasteiger partial charge in [-0.15, -0.1) is 0 Å². The fraction of sp³-hybridized carbons (Fsp3) is 0.211. The van der Waals surface area contributed by atoms with Gasteiger partial charge in [-0.25, -0.2) is 13.2 Å². The van der Waals surface area contributed by atoms with Gasteiger partial charge < -0.3 is 4.74 Å². The van der Waals surface area contributed by atoms with E-state index in [1.165, 1.54) is 11.4 Å². The number of hydrogen-bond donors (Lipinski definition) is 0. The largest absolute Gasteiger partial charge is 0.465 e. The van der Waals surface area contributed by atoms with Crippen LogP contribution < -0.4 is 0 Å². The van der Waals surface area contributed by atoms with Gasteiger partial charge in [0, 0.05) is 12.1 Å². The van der Waals surface area contributed by atoms with E-state index >= 15 is 0 Å². The lowest BCUT2D eigenvalue weighted by atomic mass is 9.89. The van der Waals surface area contributed by atoms with Gasteiger partial charge in [0.1, 0.15) is 0 Å². The fourth-order valence-electron chi connectivity index (χ4n) is 3.11. The minimum atomic E-state index is -3.54. The molecule has 0 amide bonds. The topological polar surface area (TPSA) is 63.7 Å². The smallest absolute Gasteiger partial charge is 0.340 e. The molecule has 25 heavy (non-hydrogen) atoms. The molecule has 1 aliphatic heterocycles. The first kappa shape index (κ1) is 17.2.